The van der Waals surface area contributed by atoms with Gasteiger partial charge in [0.1, 0.15) is 0 Å². The van der Waals surface area contributed by atoms with Crippen LogP contribution in [-0.2, 0) is 16.0 Å². The summed E-state index contributed by atoms with van der Waals surface area (Å²) >= 11 is 13.7. The zero-order chi connectivity index (χ0) is 20.1. The fourth-order valence-electron chi connectivity index (χ4n) is 2.74. The Morgan fingerprint density at radius 3 is 2.50 bits per heavy atom. The second-order valence-corrected chi connectivity index (χ2v) is 8.06. The maximum absolute atomic E-state index is 12.6. The van der Waals surface area contributed by atoms with Crippen LogP contribution in [0.15, 0.2) is 42.5 Å². The Hall–Kier alpha value is -2.15. The number of rotatable bonds is 7. The van der Waals surface area contributed by atoms with Crippen LogP contribution in [-0.4, -0.2) is 34.8 Å². The Labute approximate surface area is 177 Å². The van der Waals surface area contributed by atoms with Gasteiger partial charge in [0, 0.05) is 19.4 Å². The molecule has 0 aliphatic heterocycles. The molecule has 0 saturated heterocycles. The summed E-state index contributed by atoms with van der Waals surface area (Å²) in [6, 6.07) is 12.9. The topological polar surface area (TPSA) is 62.3 Å². The molecular weight excluding hydrogens is 417 g/mol. The molecule has 1 N–H and O–H groups in total. The van der Waals surface area contributed by atoms with Crippen molar-refractivity contribution in [3.63, 3.8) is 0 Å². The summed E-state index contributed by atoms with van der Waals surface area (Å²) in [6.45, 7) is 2.21. The summed E-state index contributed by atoms with van der Waals surface area (Å²) in [5.41, 5.74) is 1.30. The predicted molar refractivity (Wildman–Crippen MR) is 115 cm³/mol. The van der Waals surface area contributed by atoms with Crippen molar-refractivity contribution < 1.29 is 9.59 Å². The van der Waals surface area contributed by atoms with Crippen LogP contribution in [0.5, 0.6) is 0 Å². The first-order valence-electron chi connectivity index (χ1n) is 8.84. The standard InChI is InChI=1S/C20H19Cl2N3O2S/c1-2-25(12-17(26)24-20-13(21)6-5-7-14(20)22)19(27)11-10-18-23-15-8-3-4-9-16(15)28-18/h3-9H,2,10-12H2,1H3,(H,24,26). The van der Waals surface area contributed by atoms with Crippen LogP contribution >= 0.6 is 34.5 Å². The van der Waals surface area contributed by atoms with Crippen molar-refractivity contribution in [2.75, 3.05) is 18.4 Å². The highest BCUT2D eigenvalue weighted by Gasteiger charge is 2.18. The molecule has 0 saturated carbocycles. The van der Waals surface area contributed by atoms with Crippen LogP contribution in [0.3, 0.4) is 0 Å². The van der Waals surface area contributed by atoms with Crippen LogP contribution in [0.2, 0.25) is 10.0 Å². The summed E-state index contributed by atoms with van der Waals surface area (Å²) < 4.78 is 1.10. The van der Waals surface area contributed by atoms with Crippen molar-refractivity contribution in [2.45, 2.75) is 19.8 Å². The third kappa shape index (κ3) is 5.01. The van der Waals surface area contributed by atoms with E-state index < -0.39 is 0 Å². The molecule has 5 nitrogen and oxygen atoms in total. The highest BCUT2D eigenvalue weighted by Crippen LogP contribution is 2.29. The molecule has 146 valence electrons. The van der Waals surface area contributed by atoms with Gasteiger partial charge in [0.15, 0.2) is 0 Å². The lowest BCUT2D eigenvalue weighted by Gasteiger charge is -2.20. The molecule has 1 aromatic heterocycles. The highest BCUT2D eigenvalue weighted by atomic mass is 35.5. The van der Waals surface area contributed by atoms with E-state index in [0.29, 0.717) is 35.1 Å². The first kappa shape index (κ1) is 20.6. The number of aromatic nitrogens is 1. The molecule has 28 heavy (non-hydrogen) atoms. The van der Waals surface area contributed by atoms with Crippen molar-refractivity contribution in [3.8, 4) is 0 Å². The number of para-hydroxylation sites is 2. The van der Waals surface area contributed by atoms with E-state index in [0.717, 1.165) is 15.2 Å². The molecule has 0 spiro atoms. The van der Waals surface area contributed by atoms with Gasteiger partial charge in [-0.2, -0.15) is 0 Å². The molecule has 0 aliphatic rings. The minimum absolute atomic E-state index is 0.0588. The van der Waals surface area contributed by atoms with Crippen LogP contribution in [0.25, 0.3) is 10.2 Å². The number of amides is 2. The number of thiazole rings is 1. The lowest BCUT2D eigenvalue weighted by molar-refractivity contribution is -0.134. The van der Waals surface area contributed by atoms with Crippen molar-refractivity contribution in [3.05, 3.63) is 57.5 Å². The van der Waals surface area contributed by atoms with E-state index in [1.54, 1.807) is 29.5 Å². The van der Waals surface area contributed by atoms with Gasteiger partial charge >= 0.3 is 0 Å². The summed E-state index contributed by atoms with van der Waals surface area (Å²) in [7, 11) is 0. The third-order valence-corrected chi connectivity index (χ3v) is 5.91. The lowest BCUT2D eigenvalue weighted by atomic mass is 10.2. The fraction of sp³-hybridized carbons (Fsp3) is 0.250. The number of nitrogens with zero attached hydrogens (tertiary/aromatic N) is 2. The quantitative estimate of drug-likeness (QED) is 0.566. The molecule has 0 atom stereocenters. The van der Waals surface area contributed by atoms with Crippen molar-refractivity contribution in [1.82, 2.24) is 9.88 Å². The summed E-state index contributed by atoms with van der Waals surface area (Å²) in [4.78, 5) is 31.0. The fourth-order valence-corrected chi connectivity index (χ4v) is 4.20. The molecule has 3 rings (SSSR count). The maximum Gasteiger partial charge on any atom is 0.244 e. The number of fused-ring (bicyclic) bond motifs is 1. The van der Waals surface area contributed by atoms with Crippen LogP contribution in [0, 0.1) is 0 Å². The average molecular weight is 436 g/mol. The first-order valence-corrected chi connectivity index (χ1v) is 10.4. The minimum Gasteiger partial charge on any atom is -0.334 e. The molecule has 2 aromatic carbocycles. The predicted octanol–water partition coefficient (Wildman–Crippen LogP) is 5.02. The zero-order valence-corrected chi connectivity index (χ0v) is 17.6. The molecule has 8 heteroatoms. The summed E-state index contributed by atoms with van der Waals surface area (Å²) in [6.07, 6.45) is 0.848. The van der Waals surface area contributed by atoms with E-state index in [-0.39, 0.29) is 18.4 Å². The molecule has 3 aromatic rings. The van der Waals surface area contributed by atoms with E-state index in [1.807, 2.05) is 31.2 Å². The second-order valence-electron chi connectivity index (χ2n) is 6.13. The van der Waals surface area contributed by atoms with Crippen molar-refractivity contribution in [2.24, 2.45) is 0 Å². The number of anilines is 1. The monoisotopic (exact) mass is 435 g/mol. The lowest BCUT2D eigenvalue weighted by Crippen LogP contribution is -2.38. The number of aryl methyl sites for hydroxylation is 1. The summed E-state index contributed by atoms with van der Waals surface area (Å²) in [5, 5.41) is 4.30. The maximum atomic E-state index is 12.6. The molecule has 0 fully saturated rings. The number of hydrogen-bond acceptors (Lipinski definition) is 4. The Balaban J connectivity index is 1.57. The molecule has 1 heterocycles. The van der Waals surface area contributed by atoms with Gasteiger partial charge in [-0.1, -0.05) is 41.4 Å². The number of carbonyl (C=O) groups is 2. The number of carbonyl (C=O) groups excluding carboxylic acids is 2. The Bertz CT molecular complexity index is 953. The van der Waals surface area contributed by atoms with E-state index in [4.69, 9.17) is 23.2 Å². The normalized spacial score (nSPS) is 10.8. The number of benzene rings is 2. The molecule has 0 aliphatic carbocycles. The Morgan fingerprint density at radius 1 is 1.11 bits per heavy atom. The molecule has 0 radical (unpaired) electrons. The third-order valence-electron chi connectivity index (χ3n) is 4.19. The van der Waals surface area contributed by atoms with E-state index in [2.05, 4.69) is 10.3 Å². The first-order chi connectivity index (χ1) is 13.5. The summed E-state index contributed by atoms with van der Waals surface area (Å²) in [5.74, 6) is -0.438. The number of hydrogen-bond donors (Lipinski definition) is 1. The largest absolute Gasteiger partial charge is 0.334 e. The Kier molecular flexibility index (Phi) is 6.88. The van der Waals surface area contributed by atoms with Gasteiger partial charge in [0.2, 0.25) is 11.8 Å². The Morgan fingerprint density at radius 2 is 1.82 bits per heavy atom. The van der Waals surface area contributed by atoms with Crippen molar-refractivity contribution >= 4 is 62.3 Å². The van der Waals surface area contributed by atoms with Gasteiger partial charge in [-0.3, -0.25) is 9.59 Å². The molecule has 0 bridgehead atoms. The van der Waals surface area contributed by atoms with Crippen LogP contribution in [0.4, 0.5) is 5.69 Å². The van der Waals surface area contributed by atoms with Gasteiger partial charge in [0.25, 0.3) is 0 Å². The van der Waals surface area contributed by atoms with Crippen LogP contribution < -0.4 is 5.32 Å². The number of halogens is 2. The smallest absolute Gasteiger partial charge is 0.244 e. The van der Waals surface area contributed by atoms with Crippen LogP contribution in [0.1, 0.15) is 18.4 Å². The van der Waals surface area contributed by atoms with Gasteiger partial charge < -0.3 is 10.2 Å². The second kappa shape index (κ2) is 9.37. The molecule has 2 amide bonds. The number of nitrogens with one attached hydrogen (secondary N) is 1. The zero-order valence-electron chi connectivity index (χ0n) is 15.2. The molecule has 0 unspecified atom stereocenters. The van der Waals surface area contributed by atoms with Gasteiger partial charge in [0.05, 0.1) is 37.5 Å². The van der Waals surface area contributed by atoms with E-state index in [1.165, 1.54) is 4.90 Å². The number of likely N-dealkylation sites (N-methyl/N-ethyl adjacent to an activating group) is 1. The van der Waals surface area contributed by atoms with E-state index in [9.17, 15) is 9.59 Å². The SMILES string of the molecule is CCN(CC(=O)Nc1c(Cl)cccc1Cl)C(=O)CCc1nc2ccccc2s1. The van der Waals surface area contributed by atoms with Gasteiger partial charge in [-0.15, -0.1) is 11.3 Å². The van der Waals surface area contributed by atoms with E-state index >= 15 is 0 Å². The van der Waals surface area contributed by atoms with Gasteiger partial charge in [-0.25, -0.2) is 4.98 Å². The molecular formula is C20H19Cl2N3O2S. The average Bonchev–Trinajstić information content (AvgIpc) is 3.10. The highest BCUT2D eigenvalue weighted by molar-refractivity contribution is 7.18. The van der Waals surface area contributed by atoms with Gasteiger partial charge in [-0.05, 0) is 31.2 Å². The minimum atomic E-state index is -0.342. The van der Waals surface area contributed by atoms with Crippen molar-refractivity contribution in [1.29, 1.82) is 0 Å².